The lowest BCUT2D eigenvalue weighted by Gasteiger charge is -2.18. The molecule has 1 aromatic rings. The van der Waals surface area contributed by atoms with Gasteiger partial charge in [0.05, 0.1) is 6.10 Å². The van der Waals surface area contributed by atoms with Crippen LogP contribution in [0.15, 0.2) is 18.2 Å². The first-order valence-electron chi connectivity index (χ1n) is 4.61. The van der Waals surface area contributed by atoms with Crippen molar-refractivity contribution in [3.8, 4) is 5.75 Å². The summed E-state index contributed by atoms with van der Waals surface area (Å²) in [6.07, 6.45) is -2.34. The van der Waals surface area contributed by atoms with Gasteiger partial charge in [-0.25, -0.2) is 4.39 Å². The van der Waals surface area contributed by atoms with E-state index in [-0.39, 0.29) is 18.5 Å². The maximum atomic E-state index is 13.3. The molecule has 84 valence electrons. The molecule has 4 nitrogen and oxygen atoms in total. The molecule has 0 radical (unpaired) electrons. The molecule has 2 atom stereocenters. The molecule has 0 aliphatic heterocycles. The van der Waals surface area contributed by atoms with Crippen LogP contribution in [0.4, 0.5) is 4.39 Å². The zero-order valence-corrected chi connectivity index (χ0v) is 8.10. The predicted octanol–water partition coefficient (Wildman–Crippen LogP) is 0.274. The Morgan fingerprint density at radius 3 is 2.60 bits per heavy atom. The van der Waals surface area contributed by atoms with Gasteiger partial charge in [0.2, 0.25) is 0 Å². The highest BCUT2D eigenvalue weighted by molar-refractivity contribution is 5.31. The monoisotopic (exact) mass is 215 g/mol. The molecule has 1 aromatic carbocycles. The van der Waals surface area contributed by atoms with E-state index < -0.39 is 23.8 Å². The fraction of sp³-hybridized carbons (Fsp3) is 0.400. The van der Waals surface area contributed by atoms with Crippen LogP contribution in [0.2, 0.25) is 0 Å². The lowest BCUT2D eigenvalue weighted by molar-refractivity contribution is 0.0127. The standard InChI is InChI=1S/C10H14FNO3/c11-9-6(2-1-3-7(9)13)10(15)8(14)4-5-12/h1-3,8,10,13-15H,4-5,12H2. The third-order valence-electron chi connectivity index (χ3n) is 2.15. The first kappa shape index (κ1) is 11.9. The number of hydrogen-bond donors (Lipinski definition) is 4. The third kappa shape index (κ3) is 2.65. The van der Waals surface area contributed by atoms with Crippen LogP contribution in [0, 0.1) is 5.82 Å². The van der Waals surface area contributed by atoms with Gasteiger partial charge in [-0.1, -0.05) is 12.1 Å². The van der Waals surface area contributed by atoms with Gasteiger partial charge < -0.3 is 21.1 Å². The zero-order valence-electron chi connectivity index (χ0n) is 8.10. The van der Waals surface area contributed by atoms with Crippen LogP contribution in [0.3, 0.4) is 0 Å². The van der Waals surface area contributed by atoms with Crippen molar-refractivity contribution < 1.29 is 19.7 Å². The maximum absolute atomic E-state index is 13.3. The molecule has 2 unspecified atom stereocenters. The predicted molar refractivity (Wildman–Crippen MR) is 52.7 cm³/mol. The highest BCUT2D eigenvalue weighted by Crippen LogP contribution is 2.26. The van der Waals surface area contributed by atoms with Crippen LogP contribution < -0.4 is 5.73 Å². The molecule has 0 heterocycles. The number of halogens is 1. The molecule has 0 aromatic heterocycles. The first-order chi connectivity index (χ1) is 7.07. The summed E-state index contributed by atoms with van der Waals surface area (Å²) in [6, 6.07) is 3.87. The topological polar surface area (TPSA) is 86.7 Å². The van der Waals surface area contributed by atoms with E-state index in [1.807, 2.05) is 0 Å². The van der Waals surface area contributed by atoms with Crippen molar-refractivity contribution in [3.05, 3.63) is 29.6 Å². The zero-order chi connectivity index (χ0) is 11.4. The van der Waals surface area contributed by atoms with E-state index in [4.69, 9.17) is 10.8 Å². The summed E-state index contributed by atoms with van der Waals surface area (Å²) in [5.41, 5.74) is 5.07. The van der Waals surface area contributed by atoms with Gasteiger partial charge in [-0.15, -0.1) is 0 Å². The van der Waals surface area contributed by atoms with Crippen LogP contribution in [0.1, 0.15) is 18.1 Å². The summed E-state index contributed by atoms with van der Waals surface area (Å²) in [5.74, 6) is -1.47. The van der Waals surface area contributed by atoms with Crippen molar-refractivity contribution in [3.63, 3.8) is 0 Å². The maximum Gasteiger partial charge on any atom is 0.170 e. The van der Waals surface area contributed by atoms with Crippen molar-refractivity contribution in [1.29, 1.82) is 0 Å². The third-order valence-corrected chi connectivity index (χ3v) is 2.15. The smallest absolute Gasteiger partial charge is 0.170 e. The first-order valence-corrected chi connectivity index (χ1v) is 4.61. The number of benzene rings is 1. The van der Waals surface area contributed by atoms with Crippen molar-refractivity contribution in [2.45, 2.75) is 18.6 Å². The number of aliphatic hydroxyl groups excluding tert-OH is 2. The number of hydrogen-bond acceptors (Lipinski definition) is 4. The van der Waals surface area contributed by atoms with Crippen molar-refractivity contribution >= 4 is 0 Å². The summed E-state index contributed by atoms with van der Waals surface area (Å²) in [5, 5.41) is 28.0. The van der Waals surface area contributed by atoms with E-state index in [0.29, 0.717) is 0 Å². The van der Waals surface area contributed by atoms with Gasteiger partial charge in [0.15, 0.2) is 11.6 Å². The van der Waals surface area contributed by atoms with E-state index in [0.717, 1.165) is 0 Å². The molecular formula is C10H14FNO3. The van der Waals surface area contributed by atoms with Crippen LogP contribution in [0.25, 0.3) is 0 Å². The normalized spacial score (nSPS) is 14.9. The lowest BCUT2D eigenvalue weighted by Crippen LogP contribution is -2.22. The fourth-order valence-electron chi connectivity index (χ4n) is 1.30. The van der Waals surface area contributed by atoms with Gasteiger partial charge in [-0.2, -0.15) is 0 Å². The van der Waals surface area contributed by atoms with Crippen LogP contribution >= 0.6 is 0 Å². The minimum absolute atomic E-state index is 0.129. The largest absolute Gasteiger partial charge is 0.505 e. The minimum Gasteiger partial charge on any atom is -0.505 e. The number of nitrogens with two attached hydrogens (primary N) is 1. The number of aromatic hydroxyl groups is 1. The Hall–Kier alpha value is -1.17. The average molecular weight is 215 g/mol. The number of rotatable bonds is 4. The van der Waals surface area contributed by atoms with Crippen LogP contribution in [-0.2, 0) is 0 Å². The molecule has 0 saturated heterocycles. The average Bonchev–Trinajstić information content (AvgIpc) is 2.21. The van der Waals surface area contributed by atoms with Gasteiger partial charge in [-0.3, -0.25) is 0 Å². The van der Waals surface area contributed by atoms with Crippen molar-refractivity contribution in [1.82, 2.24) is 0 Å². The van der Waals surface area contributed by atoms with E-state index >= 15 is 0 Å². The highest BCUT2D eigenvalue weighted by Gasteiger charge is 2.22. The second kappa shape index (κ2) is 5.06. The Labute approximate surface area is 86.8 Å². The summed E-state index contributed by atoms with van der Waals surface area (Å²) in [6.45, 7) is 0.193. The Bertz CT molecular complexity index is 332. The molecule has 0 aliphatic carbocycles. The number of phenols is 1. The molecular weight excluding hydrogens is 201 g/mol. The Morgan fingerprint density at radius 2 is 2.00 bits per heavy atom. The van der Waals surface area contributed by atoms with E-state index in [1.54, 1.807) is 0 Å². The van der Waals surface area contributed by atoms with Crippen molar-refractivity contribution in [2.75, 3.05) is 6.54 Å². The SMILES string of the molecule is NCCC(O)C(O)c1cccc(O)c1F. The molecule has 5 N–H and O–H groups in total. The molecule has 0 aliphatic rings. The van der Waals surface area contributed by atoms with E-state index in [1.165, 1.54) is 18.2 Å². The number of aliphatic hydroxyl groups is 2. The highest BCUT2D eigenvalue weighted by atomic mass is 19.1. The molecule has 1 rings (SSSR count). The van der Waals surface area contributed by atoms with Gasteiger partial charge in [0.25, 0.3) is 0 Å². The molecule has 0 fully saturated rings. The summed E-state index contributed by atoms with van der Waals surface area (Å²) < 4.78 is 13.3. The van der Waals surface area contributed by atoms with Crippen LogP contribution in [-0.4, -0.2) is 28.0 Å². The quantitative estimate of drug-likeness (QED) is 0.581. The second-order valence-corrected chi connectivity index (χ2v) is 3.27. The second-order valence-electron chi connectivity index (χ2n) is 3.27. The molecule has 15 heavy (non-hydrogen) atoms. The number of phenolic OH excluding ortho intramolecular Hbond substituents is 1. The van der Waals surface area contributed by atoms with Gasteiger partial charge in [-0.05, 0) is 19.0 Å². The summed E-state index contributed by atoms with van der Waals surface area (Å²) in [7, 11) is 0. The fourth-order valence-corrected chi connectivity index (χ4v) is 1.30. The Morgan fingerprint density at radius 1 is 1.33 bits per heavy atom. The molecule has 0 spiro atoms. The van der Waals surface area contributed by atoms with Gasteiger partial charge in [0, 0.05) is 5.56 Å². The summed E-state index contributed by atoms with van der Waals surface area (Å²) in [4.78, 5) is 0. The van der Waals surface area contributed by atoms with Gasteiger partial charge >= 0.3 is 0 Å². The van der Waals surface area contributed by atoms with Crippen molar-refractivity contribution in [2.24, 2.45) is 5.73 Å². The van der Waals surface area contributed by atoms with E-state index in [2.05, 4.69) is 0 Å². The van der Waals surface area contributed by atoms with E-state index in [9.17, 15) is 14.6 Å². The molecule has 0 amide bonds. The molecule has 5 heteroatoms. The lowest BCUT2D eigenvalue weighted by atomic mass is 10.0. The van der Waals surface area contributed by atoms with Gasteiger partial charge in [0.1, 0.15) is 6.10 Å². The minimum atomic E-state index is -1.37. The molecule has 0 bridgehead atoms. The Balaban J connectivity index is 2.90. The van der Waals surface area contributed by atoms with Crippen LogP contribution in [0.5, 0.6) is 5.75 Å². The Kier molecular flexibility index (Phi) is 4.02. The molecule has 0 saturated carbocycles. The summed E-state index contributed by atoms with van der Waals surface area (Å²) >= 11 is 0.